The Kier molecular flexibility index (Phi) is 5.55. The van der Waals surface area contributed by atoms with E-state index in [1.807, 2.05) is 6.26 Å². The predicted octanol–water partition coefficient (Wildman–Crippen LogP) is 2.85. The molecule has 0 aliphatic carbocycles. The van der Waals surface area contributed by atoms with Crippen LogP contribution >= 0.6 is 11.8 Å². The smallest absolute Gasteiger partial charge is 0.422 e. The third kappa shape index (κ3) is 4.53. The van der Waals surface area contributed by atoms with Gasteiger partial charge in [-0.1, -0.05) is 0 Å². The first-order valence-electron chi connectivity index (χ1n) is 6.83. The highest BCUT2D eigenvalue weighted by atomic mass is 32.2. The number of alkyl halides is 3. The molecule has 1 atom stereocenters. The van der Waals surface area contributed by atoms with Gasteiger partial charge in [0.2, 0.25) is 0 Å². The van der Waals surface area contributed by atoms with Crippen LogP contribution in [0.4, 0.5) is 13.2 Å². The summed E-state index contributed by atoms with van der Waals surface area (Å²) in [5.41, 5.74) is -0.0587. The molecule has 1 amide bonds. The fourth-order valence-electron chi connectivity index (χ4n) is 2.37. The van der Waals surface area contributed by atoms with E-state index in [1.54, 1.807) is 16.7 Å². The van der Waals surface area contributed by atoms with Gasteiger partial charge < -0.3 is 9.64 Å². The van der Waals surface area contributed by atoms with Crippen LogP contribution in [-0.4, -0.2) is 53.7 Å². The number of thioether (sulfide) groups is 1. The maximum Gasteiger partial charge on any atom is 0.422 e. The Labute approximate surface area is 131 Å². The number of rotatable bonds is 5. The molecule has 0 spiro atoms. The Balaban J connectivity index is 2.07. The Morgan fingerprint density at radius 1 is 1.55 bits per heavy atom. The highest BCUT2D eigenvalue weighted by molar-refractivity contribution is 7.98. The molecule has 0 radical (unpaired) electrons. The van der Waals surface area contributed by atoms with Crippen molar-refractivity contribution in [2.24, 2.45) is 5.92 Å². The molecule has 2 heterocycles. The molecule has 1 aromatic rings. The Morgan fingerprint density at radius 3 is 3.00 bits per heavy atom. The second-order valence-electron chi connectivity index (χ2n) is 5.12. The van der Waals surface area contributed by atoms with Gasteiger partial charge in [0.05, 0.1) is 0 Å². The van der Waals surface area contributed by atoms with E-state index in [0.717, 1.165) is 12.2 Å². The summed E-state index contributed by atoms with van der Waals surface area (Å²) in [5, 5.41) is 0. The highest BCUT2D eigenvalue weighted by Gasteiger charge is 2.31. The fraction of sp³-hybridized carbons (Fsp3) is 0.571. The maximum absolute atomic E-state index is 12.4. The van der Waals surface area contributed by atoms with Gasteiger partial charge >= 0.3 is 6.18 Å². The average molecular weight is 334 g/mol. The zero-order valence-electron chi connectivity index (χ0n) is 12.1. The largest absolute Gasteiger partial charge is 0.482 e. The summed E-state index contributed by atoms with van der Waals surface area (Å²) in [6, 6.07) is 2.78. The lowest BCUT2D eigenvalue weighted by Gasteiger charge is -2.18. The number of hydrogen-bond acceptors (Lipinski definition) is 4. The van der Waals surface area contributed by atoms with Crippen LogP contribution in [0, 0.1) is 5.92 Å². The Hall–Kier alpha value is -1.44. The summed E-state index contributed by atoms with van der Waals surface area (Å²) >= 11 is 1.72. The normalized spacial score (nSPS) is 18.5. The number of pyridine rings is 1. The molecule has 22 heavy (non-hydrogen) atoms. The molecule has 2 rings (SSSR count). The number of amides is 1. The zero-order valence-corrected chi connectivity index (χ0v) is 12.9. The van der Waals surface area contributed by atoms with Gasteiger partial charge in [-0.05, 0) is 36.5 Å². The minimum absolute atomic E-state index is 0.0587. The van der Waals surface area contributed by atoms with Crippen molar-refractivity contribution in [1.82, 2.24) is 9.88 Å². The van der Waals surface area contributed by atoms with Crippen LogP contribution in [0.2, 0.25) is 0 Å². The molecule has 0 bridgehead atoms. The van der Waals surface area contributed by atoms with Gasteiger partial charge in [-0.15, -0.1) is 0 Å². The van der Waals surface area contributed by atoms with Crippen LogP contribution in [0.15, 0.2) is 18.3 Å². The van der Waals surface area contributed by atoms with Crippen molar-refractivity contribution in [3.8, 4) is 5.75 Å². The summed E-state index contributed by atoms with van der Waals surface area (Å²) in [6.07, 6.45) is -0.166. The molecule has 0 aromatic carbocycles. The topological polar surface area (TPSA) is 42.4 Å². The van der Waals surface area contributed by atoms with Gasteiger partial charge in [-0.3, -0.25) is 4.79 Å². The Morgan fingerprint density at radius 2 is 2.32 bits per heavy atom. The molecule has 8 heteroatoms. The van der Waals surface area contributed by atoms with Crippen molar-refractivity contribution in [1.29, 1.82) is 0 Å². The zero-order chi connectivity index (χ0) is 16.2. The number of carbonyl (C=O) groups excluding carboxylic acids is 1. The van der Waals surface area contributed by atoms with Crippen molar-refractivity contribution in [2.75, 3.05) is 31.7 Å². The van der Waals surface area contributed by atoms with Crippen LogP contribution < -0.4 is 4.74 Å². The van der Waals surface area contributed by atoms with Gasteiger partial charge in [-0.2, -0.15) is 24.9 Å². The standard InChI is InChI=1S/C14H17F3N2O2S/c1-22-8-10-4-6-19(7-10)13(20)12-11(3-2-5-18-12)21-9-14(15,16)17/h2-3,5,10H,4,6-9H2,1H3/t10-/m1/s1. The van der Waals surface area contributed by atoms with Crippen LogP contribution in [0.1, 0.15) is 16.9 Å². The first kappa shape index (κ1) is 16.9. The first-order valence-corrected chi connectivity index (χ1v) is 8.23. The summed E-state index contributed by atoms with van der Waals surface area (Å²) < 4.78 is 41.5. The van der Waals surface area contributed by atoms with E-state index in [0.29, 0.717) is 19.0 Å². The third-order valence-corrected chi connectivity index (χ3v) is 4.14. The third-order valence-electron chi connectivity index (χ3n) is 3.34. The summed E-state index contributed by atoms with van der Waals surface area (Å²) in [6.45, 7) is -0.234. The van der Waals surface area contributed by atoms with E-state index in [1.165, 1.54) is 18.3 Å². The second-order valence-corrected chi connectivity index (χ2v) is 6.03. The summed E-state index contributed by atoms with van der Waals surface area (Å²) in [7, 11) is 0. The van der Waals surface area contributed by atoms with E-state index in [-0.39, 0.29) is 17.4 Å². The highest BCUT2D eigenvalue weighted by Crippen LogP contribution is 2.25. The monoisotopic (exact) mass is 334 g/mol. The summed E-state index contributed by atoms with van der Waals surface area (Å²) in [4.78, 5) is 18.0. The van der Waals surface area contributed by atoms with E-state index in [9.17, 15) is 18.0 Å². The number of nitrogens with zero attached hydrogens (tertiary/aromatic N) is 2. The molecule has 1 saturated heterocycles. The molecule has 1 fully saturated rings. The van der Waals surface area contributed by atoms with Crippen molar-refractivity contribution in [3.63, 3.8) is 0 Å². The number of halogens is 3. The second kappa shape index (κ2) is 7.21. The van der Waals surface area contributed by atoms with Crippen molar-refractivity contribution >= 4 is 17.7 Å². The van der Waals surface area contributed by atoms with Crippen molar-refractivity contribution < 1.29 is 22.7 Å². The molecule has 0 unspecified atom stereocenters. The molecule has 4 nitrogen and oxygen atoms in total. The van der Waals surface area contributed by atoms with Crippen molar-refractivity contribution in [3.05, 3.63) is 24.0 Å². The van der Waals surface area contributed by atoms with Crippen LogP contribution in [-0.2, 0) is 0 Å². The van der Waals surface area contributed by atoms with Crippen LogP contribution in [0.3, 0.4) is 0 Å². The van der Waals surface area contributed by atoms with Gasteiger partial charge in [-0.25, -0.2) is 4.98 Å². The SMILES string of the molecule is CSC[C@@H]1CCN(C(=O)c2ncccc2OCC(F)(F)F)C1. The lowest BCUT2D eigenvalue weighted by atomic mass is 10.2. The molecule has 1 aliphatic heterocycles. The lowest BCUT2D eigenvalue weighted by molar-refractivity contribution is -0.153. The minimum atomic E-state index is -4.45. The number of aromatic nitrogens is 1. The molecule has 122 valence electrons. The fourth-order valence-corrected chi connectivity index (χ4v) is 3.11. The molecular weight excluding hydrogens is 317 g/mol. The molecule has 1 aliphatic rings. The molecule has 1 aromatic heterocycles. The van der Waals surface area contributed by atoms with Gasteiger partial charge in [0.25, 0.3) is 5.91 Å². The van der Waals surface area contributed by atoms with Crippen LogP contribution in [0.5, 0.6) is 5.75 Å². The summed E-state index contributed by atoms with van der Waals surface area (Å²) in [5.74, 6) is 0.880. The number of carbonyl (C=O) groups is 1. The number of ether oxygens (including phenoxy) is 1. The predicted molar refractivity (Wildman–Crippen MR) is 78.2 cm³/mol. The number of hydrogen-bond donors (Lipinski definition) is 0. The Bertz CT molecular complexity index is 525. The van der Waals surface area contributed by atoms with E-state index in [4.69, 9.17) is 4.74 Å². The molecule has 0 N–H and O–H groups in total. The minimum Gasteiger partial charge on any atom is -0.482 e. The lowest BCUT2D eigenvalue weighted by Crippen LogP contribution is -2.30. The van der Waals surface area contributed by atoms with E-state index in [2.05, 4.69) is 4.98 Å². The quantitative estimate of drug-likeness (QED) is 0.830. The molecule has 0 saturated carbocycles. The molecular formula is C14H17F3N2O2S. The first-order chi connectivity index (χ1) is 10.4. The maximum atomic E-state index is 12.4. The van der Waals surface area contributed by atoms with Gasteiger partial charge in [0.1, 0.15) is 0 Å². The van der Waals surface area contributed by atoms with Crippen molar-refractivity contribution in [2.45, 2.75) is 12.6 Å². The van der Waals surface area contributed by atoms with Gasteiger partial charge in [0.15, 0.2) is 18.1 Å². The number of likely N-dealkylation sites (tertiary alicyclic amines) is 1. The average Bonchev–Trinajstić information content (AvgIpc) is 2.93. The van der Waals surface area contributed by atoms with E-state index < -0.39 is 12.8 Å². The van der Waals surface area contributed by atoms with Gasteiger partial charge in [0, 0.05) is 19.3 Å². The van der Waals surface area contributed by atoms with Crippen LogP contribution in [0.25, 0.3) is 0 Å². The van der Waals surface area contributed by atoms with E-state index >= 15 is 0 Å².